The van der Waals surface area contributed by atoms with Gasteiger partial charge in [-0.2, -0.15) is 0 Å². The molecule has 1 rings (SSSR count). The number of aryl methyl sites for hydroxylation is 1. The van der Waals surface area contributed by atoms with Gasteiger partial charge in [-0.05, 0) is 23.6 Å². The summed E-state index contributed by atoms with van der Waals surface area (Å²) in [6, 6.07) is 5.68. The maximum Gasteiger partial charge on any atom is 0.0699 e. The molecule has 0 fully saturated rings. The molecule has 1 aromatic rings. The Morgan fingerprint density at radius 1 is 1.45 bits per heavy atom. The molecule has 0 amide bonds. The van der Waals surface area contributed by atoms with E-state index >= 15 is 0 Å². The molecule has 2 heteroatoms. The van der Waals surface area contributed by atoms with Crippen molar-refractivity contribution in [1.82, 2.24) is 0 Å². The van der Waals surface area contributed by atoms with Gasteiger partial charge < -0.3 is 5.11 Å². The van der Waals surface area contributed by atoms with Crippen molar-refractivity contribution in [3.8, 4) is 0 Å². The van der Waals surface area contributed by atoms with Crippen LogP contribution in [-0.2, 0) is 13.0 Å². The molecule has 0 aliphatic rings. The Balaban J connectivity index is 3.13. The van der Waals surface area contributed by atoms with Gasteiger partial charge in [0.1, 0.15) is 0 Å². The minimum absolute atomic E-state index is 0.0306. The van der Waals surface area contributed by atoms with Gasteiger partial charge in [0, 0.05) is 5.02 Å². The zero-order valence-electron chi connectivity index (χ0n) is 6.47. The second-order valence-corrected chi connectivity index (χ2v) is 2.80. The molecule has 0 atom stereocenters. The predicted molar refractivity (Wildman–Crippen MR) is 46.8 cm³/mol. The quantitative estimate of drug-likeness (QED) is 0.723. The maximum atomic E-state index is 8.95. The number of benzene rings is 1. The largest absolute Gasteiger partial charge is 0.392 e. The third-order valence-electron chi connectivity index (χ3n) is 1.75. The van der Waals surface area contributed by atoms with Crippen molar-refractivity contribution in [2.45, 2.75) is 20.0 Å². The Labute approximate surface area is 71.6 Å². The average Bonchev–Trinajstić information content (AvgIpc) is 2.04. The van der Waals surface area contributed by atoms with Gasteiger partial charge in [0.05, 0.1) is 6.61 Å². The number of aliphatic hydroxyl groups is 1. The Bertz CT molecular complexity index is 245. The van der Waals surface area contributed by atoms with Crippen molar-refractivity contribution in [3.05, 3.63) is 34.3 Å². The zero-order valence-corrected chi connectivity index (χ0v) is 7.23. The van der Waals surface area contributed by atoms with Crippen LogP contribution in [0.1, 0.15) is 18.1 Å². The number of hydrogen-bond acceptors (Lipinski definition) is 1. The zero-order chi connectivity index (χ0) is 8.27. The summed E-state index contributed by atoms with van der Waals surface area (Å²) >= 11 is 5.85. The summed E-state index contributed by atoms with van der Waals surface area (Å²) in [6.07, 6.45) is 0.913. The van der Waals surface area contributed by atoms with Gasteiger partial charge in [-0.1, -0.05) is 30.7 Å². The van der Waals surface area contributed by atoms with E-state index < -0.39 is 0 Å². The molecule has 1 N–H and O–H groups in total. The number of rotatable bonds is 2. The molecule has 0 aromatic heterocycles. The summed E-state index contributed by atoms with van der Waals surface area (Å²) in [5, 5.41) is 9.61. The van der Waals surface area contributed by atoms with Crippen LogP contribution in [0.25, 0.3) is 0 Å². The van der Waals surface area contributed by atoms with Crippen LogP contribution >= 0.6 is 11.6 Å². The van der Waals surface area contributed by atoms with Crippen LogP contribution in [0.15, 0.2) is 18.2 Å². The van der Waals surface area contributed by atoms with Crippen LogP contribution in [0, 0.1) is 0 Å². The minimum Gasteiger partial charge on any atom is -0.392 e. The molecule has 0 aliphatic carbocycles. The van der Waals surface area contributed by atoms with Crippen molar-refractivity contribution in [1.29, 1.82) is 0 Å². The fraction of sp³-hybridized carbons (Fsp3) is 0.333. The first-order valence-corrected chi connectivity index (χ1v) is 4.04. The van der Waals surface area contributed by atoms with Crippen LogP contribution in [0.3, 0.4) is 0 Å². The van der Waals surface area contributed by atoms with Gasteiger partial charge in [-0.15, -0.1) is 0 Å². The van der Waals surface area contributed by atoms with E-state index in [0.717, 1.165) is 17.5 Å². The van der Waals surface area contributed by atoms with Crippen LogP contribution in [-0.4, -0.2) is 5.11 Å². The Hall–Kier alpha value is -0.530. The van der Waals surface area contributed by atoms with Crippen LogP contribution in [0.5, 0.6) is 0 Å². The van der Waals surface area contributed by atoms with Gasteiger partial charge in [-0.25, -0.2) is 0 Å². The standard InChI is InChI=1S/C9H11ClO/c1-2-7-4-3-5-9(10)8(7)6-11/h3-5,11H,2,6H2,1H3. The highest BCUT2D eigenvalue weighted by Crippen LogP contribution is 2.19. The smallest absolute Gasteiger partial charge is 0.0699 e. The molecule has 0 bridgehead atoms. The number of hydrogen-bond donors (Lipinski definition) is 1. The Kier molecular flexibility index (Phi) is 2.92. The van der Waals surface area contributed by atoms with Crippen molar-refractivity contribution in [2.75, 3.05) is 0 Å². The molecule has 0 aliphatic heterocycles. The molecule has 0 heterocycles. The molecule has 0 spiro atoms. The molecule has 0 radical (unpaired) electrons. The summed E-state index contributed by atoms with van der Waals surface area (Å²) in [7, 11) is 0. The fourth-order valence-corrected chi connectivity index (χ4v) is 1.37. The van der Waals surface area contributed by atoms with E-state index in [1.165, 1.54) is 0 Å². The monoisotopic (exact) mass is 170 g/mol. The normalized spacial score (nSPS) is 10.1. The molecule has 0 saturated carbocycles. The molecule has 11 heavy (non-hydrogen) atoms. The first kappa shape index (κ1) is 8.57. The lowest BCUT2D eigenvalue weighted by Gasteiger charge is -2.05. The molecule has 0 saturated heterocycles. The number of halogens is 1. The van der Waals surface area contributed by atoms with Gasteiger partial charge in [0.2, 0.25) is 0 Å². The molecule has 60 valence electrons. The van der Waals surface area contributed by atoms with E-state index in [0.29, 0.717) is 5.02 Å². The lowest BCUT2D eigenvalue weighted by molar-refractivity contribution is 0.281. The van der Waals surface area contributed by atoms with Crippen molar-refractivity contribution in [2.24, 2.45) is 0 Å². The summed E-state index contributed by atoms with van der Waals surface area (Å²) in [4.78, 5) is 0. The minimum atomic E-state index is 0.0306. The van der Waals surface area contributed by atoms with Gasteiger partial charge >= 0.3 is 0 Å². The molecular formula is C9H11ClO. The number of aliphatic hydroxyl groups excluding tert-OH is 1. The van der Waals surface area contributed by atoms with Crippen LogP contribution in [0.2, 0.25) is 5.02 Å². The van der Waals surface area contributed by atoms with Gasteiger partial charge in [-0.3, -0.25) is 0 Å². The molecular weight excluding hydrogens is 160 g/mol. The maximum absolute atomic E-state index is 8.95. The van der Waals surface area contributed by atoms with Crippen molar-refractivity contribution >= 4 is 11.6 Å². The van der Waals surface area contributed by atoms with E-state index in [1.54, 1.807) is 6.07 Å². The lowest BCUT2D eigenvalue weighted by atomic mass is 10.1. The Morgan fingerprint density at radius 2 is 2.18 bits per heavy atom. The van der Waals surface area contributed by atoms with E-state index in [2.05, 4.69) is 0 Å². The fourth-order valence-electron chi connectivity index (χ4n) is 1.11. The summed E-state index contributed by atoms with van der Waals surface area (Å²) in [6.45, 7) is 2.08. The van der Waals surface area contributed by atoms with Crippen molar-refractivity contribution < 1.29 is 5.11 Å². The van der Waals surface area contributed by atoms with Crippen LogP contribution < -0.4 is 0 Å². The predicted octanol–water partition coefficient (Wildman–Crippen LogP) is 2.39. The van der Waals surface area contributed by atoms with E-state index in [4.69, 9.17) is 16.7 Å². The van der Waals surface area contributed by atoms with Crippen molar-refractivity contribution in [3.63, 3.8) is 0 Å². The molecule has 0 unspecified atom stereocenters. The molecule has 1 aromatic carbocycles. The first-order valence-electron chi connectivity index (χ1n) is 3.66. The third-order valence-corrected chi connectivity index (χ3v) is 2.11. The highest BCUT2D eigenvalue weighted by Gasteiger charge is 2.02. The van der Waals surface area contributed by atoms with Gasteiger partial charge in [0.15, 0.2) is 0 Å². The summed E-state index contributed by atoms with van der Waals surface area (Å²) in [5.74, 6) is 0. The summed E-state index contributed by atoms with van der Waals surface area (Å²) in [5.41, 5.74) is 1.98. The highest BCUT2D eigenvalue weighted by atomic mass is 35.5. The second kappa shape index (κ2) is 3.74. The third kappa shape index (κ3) is 1.73. The summed E-state index contributed by atoms with van der Waals surface area (Å²) < 4.78 is 0. The van der Waals surface area contributed by atoms with E-state index in [1.807, 2.05) is 19.1 Å². The average molecular weight is 171 g/mol. The Morgan fingerprint density at radius 3 is 2.64 bits per heavy atom. The van der Waals surface area contributed by atoms with Crippen LogP contribution in [0.4, 0.5) is 0 Å². The topological polar surface area (TPSA) is 20.2 Å². The highest BCUT2D eigenvalue weighted by molar-refractivity contribution is 6.31. The first-order chi connectivity index (χ1) is 5.29. The molecule has 1 nitrogen and oxygen atoms in total. The van der Waals surface area contributed by atoms with E-state index in [9.17, 15) is 0 Å². The SMILES string of the molecule is CCc1cccc(Cl)c1CO. The second-order valence-electron chi connectivity index (χ2n) is 2.39. The van der Waals surface area contributed by atoms with E-state index in [-0.39, 0.29) is 6.61 Å². The van der Waals surface area contributed by atoms with Gasteiger partial charge in [0.25, 0.3) is 0 Å². The lowest BCUT2D eigenvalue weighted by Crippen LogP contribution is -1.92.